The average molecular weight is 806 g/mol. The second kappa shape index (κ2) is 11.1. The Bertz CT molecular complexity index is 3840. The number of hydrogen-bond donors (Lipinski definition) is 0. The van der Waals surface area contributed by atoms with E-state index in [1.165, 1.54) is 121 Å². The Hall–Kier alpha value is -6.14. The van der Waals surface area contributed by atoms with Gasteiger partial charge in [0.1, 0.15) is 0 Å². The van der Waals surface area contributed by atoms with Crippen molar-refractivity contribution in [2.75, 3.05) is 0 Å². The van der Waals surface area contributed by atoms with Crippen molar-refractivity contribution in [2.45, 2.75) is 105 Å². The molecule has 5 nitrogen and oxygen atoms in total. The van der Waals surface area contributed by atoms with E-state index in [1.54, 1.807) is 0 Å². The fourth-order valence-corrected chi connectivity index (χ4v) is 11.6. The maximum Gasteiger partial charge on any atom is 0.275 e. The number of aromatic nitrogens is 5. The fraction of sp³-hybridized carbons (Fsp3) is 0.286. The minimum absolute atomic E-state index is 0.000173. The van der Waals surface area contributed by atoms with Gasteiger partial charge in [-0.15, -0.1) is 0 Å². The standard InChI is InChI=1S/C56H52BN5/c1-53(2,3)29-13-16-40-35(23-29)33-20-22-59-52-48(33)62(40)51-45-38-25-31(55(7,8)9)15-18-42(38)60-43-28-58-21-19-34(43)44(49(45)60)50-46(51)57(52)39-27-32(56(10,11)12)26-37-36-24-30(54(4,5)6)14-17-41(36)61(50)47(37)39/h13-28H,1-12H3. The van der Waals surface area contributed by atoms with Crippen LogP contribution in [0, 0.1) is 0 Å². The quantitative estimate of drug-likeness (QED) is 0.143. The van der Waals surface area contributed by atoms with Crippen molar-refractivity contribution >= 4 is 105 Å². The van der Waals surface area contributed by atoms with E-state index < -0.39 is 0 Å². The molecule has 0 spiro atoms. The Balaban J connectivity index is 1.36. The van der Waals surface area contributed by atoms with Crippen LogP contribution in [-0.4, -0.2) is 30.2 Å². The Morgan fingerprint density at radius 2 is 0.952 bits per heavy atom. The summed E-state index contributed by atoms with van der Waals surface area (Å²) in [5.41, 5.74) is 20.3. The van der Waals surface area contributed by atoms with Gasteiger partial charge in [0.05, 0.1) is 50.7 Å². The van der Waals surface area contributed by atoms with Crippen LogP contribution < -0.4 is 16.5 Å². The maximum absolute atomic E-state index is 5.53. The first-order valence-electron chi connectivity index (χ1n) is 22.5. The third-order valence-corrected chi connectivity index (χ3v) is 14.9. The van der Waals surface area contributed by atoms with Crippen LogP contribution in [0.2, 0.25) is 0 Å². The van der Waals surface area contributed by atoms with Gasteiger partial charge in [0.25, 0.3) is 6.71 Å². The van der Waals surface area contributed by atoms with E-state index in [1.807, 2.05) is 6.20 Å². The number of benzene rings is 5. The molecule has 304 valence electrons. The summed E-state index contributed by atoms with van der Waals surface area (Å²) in [5, 5.41) is 10.3. The van der Waals surface area contributed by atoms with Gasteiger partial charge in [0.2, 0.25) is 0 Å². The van der Waals surface area contributed by atoms with Crippen molar-refractivity contribution in [3.05, 3.63) is 120 Å². The minimum atomic E-state index is -0.0953. The highest BCUT2D eigenvalue weighted by atomic mass is 15.1. The first-order chi connectivity index (χ1) is 29.3. The average Bonchev–Trinajstić information content (AvgIpc) is 3.94. The molecule has 0 saturated heterocycles. The lowest BCUT2D eigenvalue weighted by atomic mass is 9.35. The molecule has 0 fully saturated rings. The molecule has 13 rings (SSSR count). The summed E-state index contributed by atoms with van der Waals surface area (Å²) in [6, 6.07) is 31.3. The molecule has 5 aromatic carbocycles. The number of hydrogen-bond acceptors (Lipinski definition) is 2. The SMILES string of the molecule is CC(C)(C)c1ccc2c(c1)c1cc(C(C)(C)C)cc3c1n2-c1c2c(c4c5cc(C(C)(C)C)ccc5n5c6cnccc6c1c45)-n1c4ccc(C(C)(C)C)cc4c4ccnc(c41)B23. The highest BCUT2D eigenvalue weighted by Gasteiger charge is 2.46. The van der Waals surface area contributed by atoms with Gasteiger partial charge in [-0.05, 0) is 109 Å². The van der Waals surface area contributed by atoms with Gasteiger partial charge in [-0.3, -0.25) is 9.97 Å². The van der Waals surface area contributed by atoms with E-state index >= 15 is 0 Å². The zero-order chi connectivity index (χ0) is 42.9. The highest BCUT2D eigenvalue weighted by Crippen LogP contribution is 2.50. The third kappa shape index (κ3) is 4.36. The molecular weight excluding hydrogens is 753 g/mol. The van der Waals surface area contributed by atoms with E-state index in [9.17, 15) is 0 Å². The van der Waals surface area contributed by atoms with Crippen LogP contribution in [0.25, 0.3) is 93.1 Å². The van der Waals surface area contributed by atoms with Crippen LogP contribution >= 0.6 is 0 Å². The molecule has 0 radical (unpaired) electrons. The Morgan fingerprint density at radius 3 is 1.56 bits per heavy atom. The molecule has 0 aliphatic carbocycles. The number of pyridine rings is 2. The zero-order valence-corrected chi connectivity index (χ0v) is 38.1. The number of rotatable bonds is 0. The molecule has 11 aromatic rings. The molecule has 8 heterocycles. The van der Waals surface area contributed by atoms with Crippen LogP contribution in [0.3, 0.4) is 0 Å². The lowest BCUT2D eigenvalue weighted by Crippen LogP contribution is -2.60. The monoisotopic (exact) mass is 805 g/mol. The van der Waals surface area contributed by atoms with Crippen molar-refractivity contribution in [3.63, 3.8) is 0 Å². The van der Waals surface area contributed by atoms with Crippen LogP contribution in [0.1, 0.15) is 105 Å². The van der Waals surface area contributed by atoms with Gasteiger partial charge in [-0.1, -0.05) is 107 Å². The first-order valence-corrected chi connectivity index (χ1v) is 22.5. The Kier molecular flexibility index (Phi) is 6.52. The van der Waals surface area contributed by atoms with Crippen molar-refractivity contribution in [1.82, 2.24) is 23.5 Å². The van der Waals surface area contributed by atoms with E-state index in [0.29, 0.717) is 0 Å². The third-order valence-electron chi connectivity index (χ3n) is 14.9. The van der Waals surface area contributed by atoms with Crippen molar-refractivity contribution in [2.24, 2.45) is 0 Å². The number of nitrogens with zero attached hydrogens (tertiary/aromatic N) is 5. The van der Waals surface area contributed by atoms with E-state index in [4.69, 9.17) is 9.97 Å². The van der Waals surface area contributed by atoms with Gasteiger partial charge in [-0.25, -0.2) is 0 Å². The van der Waals surface area contributed by atoms with Crippen LogP contribution in [0.5, 0.6) is 0 Å². The summed E-state index contributed by atoms with van der Waals surface area (Å²) in [4.78, 5) is 10.3. The second-order valence-corrected chi connectivity index (χ2v) is 22.8. The summed E-state index contributed by atoms with van der Waals surface area (Å²) in [6.45, 7) is 28.0. The molecule has 2 aliphatic rings. The predicted molar refractivity (Wildman–Crippen MR) is 265 cm³/mol. The van der Waals surface area contributed by atoms with Gasteiger partial charge in [0, 0.05) is 66.6 Å². The molecule has 0 N–H and O–H groups in total. The molecular formula is C56H52BN5. The zero-order valence-electron chi connectivity index (χ0n) is 38.1. The molecule has 0 amide bonds. The van der Waals surface area contributed by atoms with Crippen molar-refractivity contribution < 1.29 is 0 Å². The normalized spacial score (nSPS) is 14.4. The molecule has 0 atom stereocenters. The summed E-state index contributed by atoms with van der Waals surface area (Å²) in [5.74, 6) is 0. The molecule has 2 aliphatic heterocycles. The highest BCUT2D eigenvalue weighted by molar-refractivity contribution is 7.00. The second-order valence-electron chi connectivity index (χ2n) is 22.8. The fourth-order valence-electron chi connectivity index (χ4n) is 11.6. The largest absolute Gasteiger partial charge is 0.309 e. The Morgan fingerprint density at radius 1 is 0.435 bits per heavy atom. The topological polar surface area (TPSA) is 40.0 Å². The smallest absolute Gasteiger partial charge is 0.275 e. The molecule has 6 aromatic heterocycles. The van der Waals surface area contributed by atoms with Gasteiger partial charge >= 0.3 is 0 Å². The van der Waals surface area contributed by atoms with Crippen molar-refractivity contribution in [1.29, 1.82) is 0 Å². The maximum atomic E-state index is 5.53. The molecule has 0 unspecified atom stereocenters. The van der Waals surface area contributed by atoms with Crippen molar-refractivity contribution in [3.8, 4) is 11.4 Å². The lowest BCUT2D eigenvalue weighted by molar-refractivity contribution is 0.590. The van der Waals surface area contributed by atoms with Gasteiger partial charge < -0.3 is 13.5 Å². The van der Waals surface area contributed by atoms with Gasteiger partial charge in [0.15, 0.2) is 0 Å². The number of fused-ring (bicyclic) bond motifs is 18. The minimum Gasteiger partial charge on any atom is -0.309 e. The predicted octanol–water partition coefficient (Wildman–Crippen LogP) is 12.2. The molecule has 0 bridgehead atoms. The summed E-state index contributed by atoms with van der Waals surface area (Å²) in [7, 11) is 0. The Labute approximate surface area is 362 Å². The van der Waals surface area contributed by atoms with E-state index in [0.717, 1.165) is 11.1 Å². The van der Waals surface area contributed by atoms with E-state index in [-0.39, 0.29) is 28.4 Å². The summed E-state index contributed by atoms with van der Waals surface area (Å²) >= 11 is 0. The van der Waals surface area contributed by atoms with E-state index in [2.05, 4.69) is 188 Å². The van der Waals surface area contributed by atoms with Crippen LogP contribution in [0.4, 0.5) is 0 Å². The molecule has 6 heteroatoms. The summed E-state index contributed by atoms with van der Waals surface area (Å²) in [6.07, 6.45) is 6.16. The molecule has 62 heavy (non-hydrogen) atoms. The summed E-state index contributed by atoms with van der Waals surface area (Å²) < 4.78 is 7.86. The lowest BCUT2D eigenvalue weighted by Gasteiger charge is -2.35. The van der Waals surface area contributed by atoms with Gasteiger partial charge in [-0.2, -0.15) is 0 Å². The first kappa shape index (κ1) is 36.5. The van der Waals surface area contributed by atoms with Crippen LogP contribution in [0.15, 0.2) is 97.5 Å². The van der Waals surface area contributed by atoms with Crippen LogP contribution in [-0.2, 0) is 21.7 Å². The molecule has 0 saturated carbocycles.